The van der Waals surface area contributed by atoms with Crippen LogP contribution in [0.2, 0.25) is 0 Å². The second kappa shape index (κ2) is 3.08. The molecular formula is C12H21N3. The van der Waals surface area contributed by atoms with Crippen molar-refractivity contribution in [1.29, 1.82) is 0 Å². The molecule has 84 valence electrons. The van der Waals surface area contributed by atoms with Crippen molar-refractivity contribution in [3.63, 3.8) is 0 Å². The summed E-state index contributed by atoms with van der Waals surface area (Å²) in [5, 5.41) is 4.40. The molecule has 3 nitrogen and oxygen atoms in total. The van der Waals surface area contributed by atoms with E-state index in [1.807, 2.05) is 6.20 Å². The van der Waals surface area contributed by atoms with Crippen LogP contribution >= 0.6 is 0 Å². The molecule has 0 aliphatic heterocycles. The zero-order valence-electron chi connectivity index (χ0n) is 10.1. The molecule has 2 N–H and O–H groups in total. The Morgan fingerprint density at radius 2 is 2.07 bits per heavy atom. The van der Waals surface area contributed by atoms with Crippen LogP contribution in [0.3, 0.4) is 0 Å². The Morgan fingerprint density at radius 1 is 1.47 bits per heavy atom. The minimum Gasteiger partial charge on any atom is -0.325 e. The van der Waals surface area contributed by atoms with E-state index in [-0.39, 0.29) is 11.0 Å². The maximum Gasteiger partial charge on any atom is 0.0492 e. The Kier molecular flexibility index (Phi) is 2.19. The summed E-state index contributed by atoms with van der Waals surface area (Å²) in [4.78, 5) is 0. The Hall–Kier alpha value is -0.830. The summed E-state index contributed by atoms with van der Waals surface area (Å²) in [7, 11) is 0. The molecule has 0 spiro atoms. The molecule has 3 heteroatoms. The first kappa shape index (κ1) is 10.7. The zero-order valence-corrected chi connectivity index (χ0v) is 10.1. The first-order chi connectivity index (χ1) is 6.88. The van der Waals surface area contributed by atoms with Crippen LogP contribution in [-0.2, 0) is 5.41 Å². The quantitative estimate of drug-likeness (QED) is 0.826. The SMILES string of the molecule is CC(C)n1nccc1C1(C(C)(C)N)CC1. The second-order valence-electron chi connectivity index (χ2n) is 5.56. The van der Waals surface area contributed by atoms with Crippen molar-refractivity contribution >= 4 is 0 Å². The van der Waals surface area contributed by atoms with Gasteiger partial charge in [0.1, 0.15) is 0 Å². The van der Waals surface area contributed by atoms with Gasteiger partial charge in [0.05, 0.1) is 0 Å². The summed E-state index contributed by atoms with van der Waals surface area (Å²) in [6, 6.07) is 2.54. The van der Waals surface area contributed by atoms with Crippen LogP contribution < -0.4 is 5.73 Å². The minimum absolute atomic E-state index is 0.153. The fraction of sp³-hybridized carbons (Fsp3) is 0.750. The Balaban J connectivity index is 2.42. The lowest BCUT2D eigenvalue weighted by Crippen LogP contribution is -2.46. The van der Waals surface area contributed by atoms with E-state index in [1.54, 1.807) is 0 Å². The van der Waals surface area contributed by atoms with Gasteiger partial charge in [-0.25, -0.2) is 0 Å². The number of nitrogens with zero attached hydrogens (tertiary/aromatic N) is 2. The highest BCUT2D eigenvalue weighted by molar-refractivity contribution is 5.31. The molecule has 0 unspecified atom stereocenters. The van der Waals surface area contributed by atoms with Crippen LogP contribution in [0, 0.1) is 0 Å². The second-order valence-corrected chi connectivity index (χ2v) is 5.56. The van der Waals surface area contributed by atoms with Crippen molar-refractivity contribution in [3.8, 4) is 0 Å². The summed E-state index contributed by atoms with van der Waals surface area (Å²) in [6.45, 7) is 8.57. The Morgan fingerprint density at radius 3 is 2.47 bits per heavy atom. The third-order valence-electron chi connectivity index (χ3n) is 3.63. The molecule has 1 aromatic heterocycles. The van der Waals surface area contributed by atoms with E-state index in [4.69, 9.17) is 5.73 Å². The van der Waals surface area contributed by atoms with Gasteiger partial charge in [0, 0.05) is 28.9 Å². The van der Waals surface area contributed by atoms with Gasteiger partial charge in [-0.05, 0) is 46.6 Å². The van der Waals surface area contributed by atoms with Crippen LogP contribution in [0.1, 0.15) is 52.3 Å². The number of hydrogen-bond donors (Lipinski definition) is 1. The monoisotopic (exact) mass is 207 g/mol. The van der Waals surface area contributed by atoms with Gasteiger partial charge < -0.3 is 5.73 Å². The van der Waals surface area contributed by atoms with Crippen molar-refractivity contribution in [2.24, 2.45) is 5.73 Å². The van der Waals surface area contributed by atoms with Crippen molar-refractivity contribution in [2.75, 3.05) is 0 Å². The van der Waals surface area contributed by atoms with Crippen molar-refractivity contribution in [3.05, 3.63) is 18.0 Å². The molecule has 0 saturated heterocycles. The molecule has 1 saturated carbocycles. The summed E-state index contributed by atoms with van der Waals surface area (Å²) in [5.41, 5.74) is 7.61. The lowest BCUT2D eigenvalue weighted by atomic mass is 9.82. The molecule has 0 amide bonds. The van der Waals surface area contributed by atoms with E-state index in [0.717, 1.165) is 0 Å². The third kappa shape index (κ3) is 1.49. The topological polar surface area (TPSA) is 43.8 Å². The molecular weight excluding hydrogens is 186 g/mol. The van der Waals surface area contributed by atoms with Crippen LogP contribution in [-0.4, -0.2) is 15.3 Å². The Bertz CT molecular complexity index is 353. The van der Waals surface area contributed by atoms with Gasteiger partial charge in [0.2, 0.25) is 0 Å². The molecule has 0 atom stereocenters. The predicted octanol–water partition coefficient (Wildman–Crippen LogP) is 2.23. The molecule has 1 fully saturated rings. The largest absolute Gasteiger partial charge is 0.325 e. The van der Waals surface area contributed by atoms with Crippen molar-refractivity contribution in [2.45, 2.75) is 57.5 Å². The molecule has 1 aliphatic rings. The highest BCUT2D eigenvalue weighted by Crippen LogP contribution is 2.54. The molecule has 0 aromatic carbocycles. The summed E-state index contributed by atoms with van der Waals surface area (Å²) in [6.07, 6.45) is 4.27. The van der Waals surface area contributed by atoms with Gasteiger partial charge >= 0.3 is 0 Å². The van der Waals surface area contributed by atoms with E-state index >= 15 is 0 Å². The zero-order chi connectivity index (χ0) is 11.3. The molecule has 0 radical (unpaired) electrons. The highest BCUT2D eigenvalue weighted by Gasteiger charge is 2.55. The summed E-state index contributed by atoms with van der Waals surface area (Å²) < 4.78 is 2.11. The molecule has 2 rings (SSSR count). The number of aromatic nitrogens is 2. The van der Waals surface area contributed by atoms with Gasteiger partial charge in [0.15, 0.2) is 0 Å². The standard InChI is InChI=1S/C12H21N3/c1-9(2)15-10(5-8-14-15)12(6-7-12)11(3,4)13/h5,8-9H,6-7,13H2,1-4H3. The number of nitrogens with two attached hydrogens (primary N) is 1. The number of rotatable bonds is 3. The van der Waals surface area contributed by atoms with Gasteiger partial charge in [-0.3, -0.25) is 4.68 Å². The predicted molar refractivity (Wildman–Crippen MR) is 61.8 cm³/mol. The Labute approximate surface area is 91.7 Å². The average Bonchev–Trinajstić information content (AvgIpc) is 2.76. The summed E-state index contributed by atoms with van der Waals surface area (Å²) in [5.74, 6) is 0. The van der Waals surface area contributed by atoms with Gasteiger partial charge in [0.25, 0.3) is 0 Å². The maximum absolute atomic E-state index is 6.29. The summed E-state index contributed by atoms with van der Waals surface area (Å²) >= 11 is 0. The average molecular weight is 207 g/mol. The molecule has 15 heavy (non-hydrogen) atoms. The fourth-order valence-electron chi connectivity index (χ4n) is 2.46. The highest BCUT2D eigenvalue weighted by atomic mass is 15.3. The lowest BCUT2D eigenvalue weighted by molar-refractivity contribution is 0.355. The van der Waals surface area contributed by atoms with E-state index < -0.39 is 0 Å². The number of hydrogen-bond acceptors (Lipinski definition) is 2. The van der Waals surface area contributed by atoms with Gasteiger partial charge in [-0.15, -0.1) is 0 Å². The van der Waals surface area contributed by atoms with Crippen LogP contribution in [0.5, 0.6) is 0 Å². The molecule has 1 heterocycles. The van der Waals surface area contributed by atoms with E-state index in [1.165, 1.54) is 18.5 Å². The molecule has 1 aromatic rings. The van der Waals surface area contributed by atoms with Crippen LogP contribution in [0.4, 0.5) is 0 Å². The molecule has 0 bridgehead atoms. The van der Waals surface area contributed by atoms with Crippen molar-refractivity contribution < 1.29 is 0 Å². The fourth-order valence-corrected chi connectivity index (χ4v) is 2.46. The van der Waals surface area contributed by atoms with E-state index in [9.17, 15) is 0 Å². The molecule has 1 aliphatic carbocycles. The van der Waals surface area contributed by atoms with Gasteiger partial charge in [-0.2, -0.15) is 5.10 Å². The maximum atomic E-state index is 6.29. The van der Waals surface area contributed by atoms with E-state index in [0.29, 0.717) is 6.04 Å². The van der Waals surface area contributed by atoms with Crippen LogP contribution in [0.25, 0.3) is 0 Å². The smallest absolute Gasteiger partial charge is 0.0492 e. The normalized spacial score (nSPS) is 19.6. The third-order valence-corrected chi connectivity index (χ3v) is 3.63. The van der Waals surface area contributed by atoms with E-state index in [2.05, 4.69) is 43.5 Å². The lowest BCUT2D eigenvalue weighted by Gasteiger charge is -2.32. The van der Waals surface area contributed by atoms with Crippen molar-refractivity contribution in [1.82, 2.24) is 9.78 Å². The first-order valence-corrected chi connectivity index (χ1v) is 5.71. The minimum atomic E-state index is -0.153. The van der Waals surface area contributed by atoms with Gasteiger partial charge in [-0.1, -0.05) is 0 Å². The van der Waals surface area contributed by atoms with Crippen LogP contribution in [0.15, 0.2) is 12.3 Å². The first-order valence-electron chi connectivity index (χ1n) is 5.71.